The Balaban J connectivity index is 1.69. The molecule has 7 aromatic carbocycles. The third-order valence-electron chi connectivity index (χ3n) is 7.03. The van der Waals surface area contributed by atoms with E-state index < -0.39 is 0 Å². The molecule has 0 saturated heterocycles. The molecule has 0 amide bonds. The molecule has 0 aliphatic carbocycles. The summed E-state index contributed by atoms with van der Waals surface area (Å²) in [5, 5.41) is 10.5. The molecule has 34 heavy (non-hydrogen) atoms. The topological polar surface area (TPSA) is 0 Å². The van der Waals surface area contributed by atoms with E-state index in [2.05, 4.69) is 133 Å². The third kappa shape index (κ3) is 2.86. The van der Waals surface area contributed by atoms with Gasteiger partial charge in [0.05, 0.1) is 0 Å². The van der Waals surface area contributed by atoms with E-state index in [9.17, 15) is 0 Å². The van der Waals surface area contributed by atoms with E-state index >= 15 is 0 Å². The zero-order chi connectivity index (χ0) is 22.5. The molecule has 0 atom stereocenters. The largest absolute Gasteiger partial charge is 0.0622 e. The van der Waals surface area contributed by atoms with Gasteiger partial charge in [0.15, 0.2) is 0 Å². The van der Waals surface area contributed by atoms with Crippen LogP contribution in [0.25, 0.3) is 65.3 Å². The average Bonchev–Trinajstić information content (AvgIpc) is 2.93. The minimum Gasteiger partial charge on any atom is -0.0622 e. The fourth-order valence-electron chi connectivity index (χ4n) is 5.48. The number of hydrogen-bond acceptors (Lipinski definition) is 0. The van der Waals surface area contributed by atoms with Crippen LogP contribution in [0.5, 0.6) is 0 Å². The minimum absolute atomic E-state index is 1.25. The lowest BCUT2D eigenvalue weighted by Crippen LogP contribution is -1.89. The van der Waals surface area contributed by atoms with E-state index in [0.29, 0.717) is 0 Å². The quantitative estimate of drug-likeness (QED) is 0.239. The number of fused-ring (bicyclic) bond motifs is 8. The SMILES string of the molecule is c1ccc(-c2ccc3c(c2)c2ccccc2c2cc(-c4ccccc4)c4ccccc4c32)cc1. The third-order valence-corrected chi connectivity index (χ3v) is 7.03. The summed E-state index contributed by atoms with van der Waals surface area (Å²) in [7, 11) is 0. The van der Waals surface area contributed by atoms with Crippen molar-refractivity contribution in [2.45, 2.75) is 0 Å². The van der Waals surface area contributed by atoms with Gasteiger partial charge < -0.3 is 0 Å². The fraction of sp³-hybridized carbons (Fsp3) is 0. The van der Waals surface area contributed by atoms with Crippen LogP contribution in [0.15, 0.2) is 133 Å². The van der Waals surface area contributed by atoms with Crippen molar-refractivity contribution in [1.82, 2.24) is 0 Å². The molecule has 0 heterocycles. The Bertz CT molecular complexity index is 1830. The molecule has 0 bridgehead atoms. The van der Waals surface area contributed by atoms with Crippen molar-refractivity contribution in [2.75, 3.05) is 0 Å². The van der Waals surface area contributed by atoms with Crippen LogP contribution in [0, 0.1) is 0 Å². The molecule has 7 rings (SSSR count). The van der Waals surface area contributed by atoms with Gasteiger partial charge in [0.1, 0.15) is 0 Å². The van der Waals surface area contributed by atoms with Crippen molar-refractivity contribution in [3.05, 3.63) is 133 Å². The highest BCUT2D eigenvalue weighted by Gasteiger charge is 2.15. The van der Waals surface area contributed by atoms with Crippen molar-refractivity contribution in [1.29, 1.82) is 0 Å². The van der Waals surface area contributed by atoms with Crippen LogP contribution in [0.3, 0.4) is 0 Å². The standard InChI is InChI=1S/C34H22/c1-3-11-23(12-4-1)25-19-20-30-32(21-25)26-15-7-8-16-27(26)33-22-31(24-13-5-2-6-14-24)28-17-9-10-18-29(28)34(30)33/h1-22H. The first kappa shape index (κ1) is 19.1. The Morgan fingerprint density at radius 3 is 1.50 bits per heavy atom. The smallest absolute Gasteiger partial charge is 0.00199 e. The molecular weight excluding hydrogens is 408 g/mol. The van der Waals surface area contributed by atoms with Crippen molar-refractivity contribution in [3.8, 4) is 22.3 Å². The van der Waals surface area contributed by atoms with Gasteiger partial charge in [0, 0.05) is 0 Å². The van der Waals surface area contributed by atoms with Crippen molar-refractivity contribution >= 4 is 43.1 Å². The normalized spacial score (nSPS) is 11.5. The second kappa shape index (κ2) is 7.57. The van der Waals surface area contributed by atoms with Crippen LogP contribution in [-0.4, -0.2) is 0 Å². The molecule has 0 aliphatic rings. The predicted octanol–water partition coefficient (Wildman–Crippen LogP) is 9.63. The molecule has 0 fully saturated rings. The van der Waals surface area contributed by atoms with Gasteiger partial charge in [0.2, 0.25) is 0 Å². The summed E-state index contributed by atoms with van der Waals surface area (Å²) >= 11 is 0. The van der Waals surface area contributed by atoms with E-state index in [1.54, 1.807) is 0 Å². The Labute approximate surface area is 198 Å². The molecule has 0 aromatic heterocycles. The summed E-state index contributed by atoms with van der Waals surface area (Å²) < 4.78 is 0. The van der Waals surface area contributed by atoms with Gasteiger partial charge >= 0.3 is 0 Å². The van der Waals surface area contributed by atoms with Crippen LogP contribution in [0.2, 0.25) is 0 Å². The van der Waals surface area contributed by atoms with Gasteiger partial charge in [-0.2, -0.15) is 0 Å². The molecule has 7 aromatic rings. The number of benzene rings is 7. The molecule has 0 aliphatic heterocycles. The molecule has 158 valence electrons. The lowest BCUT2D eigenvalue weighted by Gasteiger charge is -2.17. The highest BCUT2D eigenvalue weighted by molar-refractivity contribution is 6.33. The van der Waals surface area contributed by atoms with E-state index in [1.807, 2.05) is 0 Å². The first-order valence-electron chi connectivity index (χ1n) is 11.8. The van der Waals surface area contributed by atoms with Gasteiger partial charge in [-0.25, -0.2) is 0 Å². The summed E-state index contributed by atoms with van der Waals surface area (Å²) in [5.74, 6) is 0. The molecule has 0 nitrogen and oxygen atoms in total. The van der Waals surface area contributed by atoms with Crippen LogP contribution in [0.4, 0.5) is 0 Å². The maximum Gasteiger partial charge on any atom is -0.00199 e. The first-order valence-corrected chi connectivity index (χ1v) is 11.8. The Hall–Kier alpha value is -4.42. The van der Waals surface area contributed by atoms with Crippen molar-refractivity contribution in [2.24, 2.45) is 0 Å². The van der Waals surface area contributed by atoms with Crippen LogP contribution in [0.1, 0.15) is 0 Å². The van der Waals surface area contributed by atoms with E-state index in [0.717, 1.165) is 0 Å². The second-order valence-corrected chi connectivity index (χ2v) is 8.93. The van der Waals surface area contributed by atoms with Gasteiger partial charge in [-0.1, -0.05) is 121 Å². The molecule has 0 saturated carbocycles. The highest BCUT2D eigenvalue weighted by Crippen LogP contribution is 2.43. The van der Waals surface area contributed by atoms with Crippen LogP contribution < -0.4 is 0 Å². The molecule has 0 spiro atoms. The van der Waals surface area contributed by atoms with E-state index in [1.165, 1.54) is 65.3 Å². The first-order chi connectivity index (χ1) is 16.9. The fourth-order valence-corrected chi connectivity index (χ4v) is 5.48. The number of hydrogen-bond donors (Lipinski definition) is 0. The Morgan fingerprint density at radius 2 is 0.794 bits per heavy atom. The van der Waals surface area contributed by atoms with Gasteiger partial charge in [0.25, 0.3) is 0 Å². The number of rotatable bonds is 2. The summed E-state index contributed by atoms with van der Waals surface area (Å²) in [6.45, 7) is 0. The molecular formula is C34H22. The predicted molar refractivity (Wildman–Crippen MR) is 147 cm³/mol. The van der Waals surface area contributed by atoms with Crippen LogP contribution >= 0.6 is 0 Å². The summed E-state index contributed by atoms with van der Waals surface area (Å²) in [4.78, 5) is 0. The maximum absolute atomic E-state index is 2.40. The van der Waals surface area contributed by atoms with E-state index in [4.69, 9.17) is 0 Å². The molecule has 0 radical (unpaired) electrons. The lowest BCUT2D eigenvalue weighted by molar-refractivity contribution is 1.65. The van der Waals surface area contributed by atoms with Crippen molar-refractivity contribution < 1.29 is 0 Å². The monoisotopic (exact) mass is 430 g/mol. The van der Waals surface area contributed by atoms with Gasteiger partial charge in [-0.3, -0.25) is 0 Å². The second-order valence-electron chi connectivity index (χ2n) is 8.93. The Morgan fingerprint density at radius 1 is 0.265 bits per heavy atom. The summed E-state index contributed by atoms with van der Waals surface area (Å²) in [6, 6.07) is 48.5. The Kier molecular flexibility index (Phi) is 4.25. The lowest BCUT2D eigenvalue weighted by atomic mass is 9.86. The maximum atomic E-state index is 2.40. The zero-order valence-electron chi connectivity index (χ0n) is 18.7. The highest BCUT2D eigenvalue weighted by atomic mass is 14.2. The minimum atomic E-state index is 1.25. The van der Waals surface area contributed by atoms with E-state index in [-0.39, 0.29) is 0 Å². The molecule has 0 unspecified atom stereocenters. The average molecular weight is 431 g/mol. The van der Waals surface area contributed by atoms with Gasteiger partial charge in [-0.15, -0.1) is 0 Å². The summed E-state index contributed by atoms with van der Waals surface area (Å²) in [6.07, 6.45) is 0. The van der Waals surface area contributed by atoms with Gasteiger partial charge in [-0.05, 0) is 77.5 Å². The van der Waals surface area contributed by atoms with Crippen molar-refractivity contribution in [3.63, 3.8) is 0 Å². The molecule has 0 N–H and O–H groups in total. The zero-order valence-corrected chi connectivity index (χ0v) is 18.7. The summed E-state index contributed by atoms with van der Waals surface area (Å²) in [5.41, 5.74) is 5.04. The molecule has 0 heteroatoms. The van der Waals surface area contributed by atoms with Crippen LogP contribution in [-0.2, 0) is 0 Å².